The van der Waals surface area contributed by atoms with Crippen molar-refractivity contribution in [2.45, 2.75) is 26.3 Å². The molecule has 0 unspecified atom stereocenters. The molecule has 0 bridgehead atoms. The molecule has 0 atom stereocenters. The number of halogens is 1. The Morgan fingerprint density at radius 1 is 1.19 bits per heavy atom. The van der Waals surface area contributed by atoms with Crippen LogP contribution in [0.5, 0.6) is 5.75 Å². The highest BCUT2D eigenvalue weighted by molar-refractivity contribution is 6.31. The fraction of sp³-hybridized carbons (Fsp3) is 0.300. The van der Waals surface area contributed by atoms with Crippen LogP contribution in [0.15, 0.2) is 36.4 Å². The second-order valence-electron chi connectivity index (χ2n) is 6.44. The smallest absolute Gasteiger partial charge is 0.255 e. The van der Waals surface area contributed by atoms with Gasteiger partial charge >= 0.3 is 0 Å². The summed E-state index contributed by atoms with van der Waals surface area (Å²) in [6, 6.07) is 10.6. The zero-order valence-corrected chi connectivity index (χ0v) is 15.5. The summed E-state index contributed by atoms with van der Waals surface area (Å²) in [5.41, 5.74) is 2.90. The summed E-state index contributed by atoms with van der Waals surface area (Å²) in [6.45, 7) is 2.34. The molecule has 26 heavy (non-hydrogen) atoms. The minimum Gasteiger partial charge on any atom is -0.495 e. The van der Waals surface area contributed by atoms with Crippen molar-refractivity contribution >= 4 is 29.1 Å². The predicted octanol–water partition coefficient (Wildman–Crippen LogP) is 3.94. The summed E-state index contributed by atoms with van der Waals surface area (Å²) in [4.78, 5) is 24.2. The number of nitrogens with one attached hydrogen (secondary N) is 2. The first-order chi connectivity index (χ1) is 12.5. The maximum Gasteiger partial charge on any atom is 0.255 e. The first kappa shape index (κ1) is 18.3. The van der Waals surface area contributed by atoms with Crippen molar-refractivity contribution in [2.24, 2.45) is 5.92 Å². The van der Waals surface area contributed by atoms with Crippen LogP contribution in [0.3, 0.4) is 0 Å². The minimum atomic E-state index is -0.237. The van der Waals surface area contributed by atoms with Gasteiger partial charge in [-0.25, -0.2) is 0 Å². The number of hydrogen-bond donors (Lipinski definition) is 2. The van der Waals surface area contributed by atoms with Crippen molar-refractivity contribution in [3.05, 3.63) is 58.1 Å². The van der Waals surface area contributed by atoms with E-state index in [-0.39, 0.29) is 17.7 Å². The summed E-state index contributed by atoms with van der Waals surface area (Å²) in [5.74, 6) is 0.571. The summed E-state index contributed by atoms with van der Waals surface area (Å²) >= 11 is 6.09. The Bertz CT molecular complexity index is 830. The Morgan fingerprint density at radius 2 is 1.88 bits per heavy atom. The SMILES string of the molecule is COc1cc(Cl)c(C)cc1NC(=O)c1ccc(CNC(=O)C2CC2)cc1. The molecule has 2 amide bonds. The number of carbonyl (C=O) groups is 2. The van der Waals surface area contributed by atoms with Gasteiger partial charge in [-0.2, -0.15) is 0 Å². The standard InChI is InChI=1S/C20H21ClN2O3/c1-12-9-17(18(26-2)10-16(12)21)23-20(25)15-5-3-13(4-6-15)11-22-19(24)14-7-8-14/h3-6,9-10,14H,7-8,11H2,1-2H3,(H,22,24)(H,23,25). The van der Waals surface area contributed by atoms with E-state index in [0.29, 0.717) is 28.6 Å². The molecule has 1 aliphatic rings. The van der Waals surface area contributed by atoms with Crippen LogP contribution in [0.4, 0.5) is 5.69 Å². The number of methoxy groups -OCH3 is 1. The fourth-order valence-corrected chi connectivity index (χ4v) is 2.73. The van der Waals surface area contributed by atoms with Crippen molar-refractivity contribution < 1.29 is 14.3 Å². The minimum absolute atomic E-state index is 0.108. The molecule has 1 aliphatic carbocycles. The van der Waals surface area contributed by atoms with Gasteiger partial charge in [0.25, 0.3) is 5.91 Å². The molecule has 136 valence electrons. The van der Waals surface area contributed by atoms with Crippen LogP contribution in [0.25, 0.3) is 0 Å². The van der Waals surface area contributed by atoms with E-state index in [0.717, 1.165) is 24.0 Å². The number of carbonyl (C=O) groups excluding carboxylic acids is 2. The van der Waals surface area contributed by atoms with Gasteiger partial charge in [0, 0.05) is 29.1 Å². The molecule has 1 saturated carbocycles. The van der Waals surface area contributed by atoms with E-state index in [4.69, 9.17) is 16.3 Å². The van der Waals surface area contributed by atoms with E-state index < -0.39 is 0 Å². The third-order valence-corrected chi connectivity index (χ3v) is 4.77. The van der Waals surface area contributed by atoms with E-state index in [1.807, 2.05) is 19.1 Å². The zero-order valence-electron chi connectivity index (χ0n) is 14.8. The lowest BCUT2D eigenvalue weighted by Crippen LogP contribution is -2.24. The lowest BCUT2D eigenvalue weighted by atomic mass is 10.1. The van der Waals surface area contributed by atoms with Crippen molar-refractivity contribution in [3.63, 3.8) is 0 Å². The molecule has 0 heterocycles. The van der Waals surface area contributed by atoms with Gasteiger partial charge in [0.15, 0.2) is 0 Å². The number of anilines is 1. The van der Waals surface area contributed by atoms with Crippen LogP contribution in [-0.2, 0) is 11.3 Å². The fourth-order valence-electron chi connectivity index (χ4n) is 2.58. The molecule has 3 rings (SSSR count). The second kappa shape index (κ2) is 7.79. The highest BCUT2D eigenvalue weighted by Gasteiger charge is 2.29. The topological polar surface area (TPSA) is 67.4 Å². The maximum absolute atomic E-state index is 12.5. The number of aryl methyl sites for hydroxylation is 1. The van der Waals surface area contributed by atoms with E-state index >= 15 is 0 Å². The number of benzene rings is 2. The van der Waals surface area contributed by atoms with Gasteiger partial charge in [0.05, 0.1) is 12.8 Å². The van der Waals surface area contributed by atoms with Crippen LogP contribution in [-0.4, -0.2) is 18.9 Å². The molecule has 0 aromatic heterocycles. The largest absolute Gasteiger partial charge is 0.495 e. The second-order valence-corrected chi connectivity index (χ2v) is 6.85. The van der Waals surface area contributed by atoms with Crippen LogP contribution in [0.2, 0.25) is 5.02 Å². The highest BCUT2D eigenvalue weighted by atomic mass is 35.5. The molecule has 2 aromatic carbocycles. The third-order valence-electron chi connectivity index (χ3n) is 4.36. The highest BCUT2D eigenvalue weighted by Crippen LogP contribution is 2.31. The molecular weight excluding hydrogens is 352 g/mol. The van der Waals surface area contributed by atoms with E-state index in [2.05, 4.69) is 10.6 Å². The summed E-state index contributed by atoms with van der Waals surface area (Å²) in [5, 5.41) is 6.33. The number of ether oxygens (including phenoxy) is 1. The Hall–Kier alpha value is -2.53. The van der Waals surface area contributed by atoms with Gasteiger partial charge in [-0.3, -0.25) is 9.59 Å². The molecule has 2 aromatic rings. The van der Waals surface area contributed by atoms with Crippen molar-refractivity contribution in [3.8, 4) is 5.75 Å². The number of amides is 2. The summed E-state index contributed by atoms with van der Waals surface area (Å²) in [7, 11) is 1.53. The first-order valence-electron chi connectivity index (χ1n) is 8.50. The molecule has 2 N–H and O–H groups in total. The third kappa shape index (κ3) is 4.35. The van der Waals surface area contributed by atoms with Gasteiger partial charge in [0.1, 0.15) is 5.75 Å². The number of rotatable bonds is 6. The van der Waals surface area contributed by atoms with Gasteiger partial charge in [-0.15, -0.1) is 0 Å². The van der Waals surface area contributed by atoms with Crippen LogP contribution in [0.1, 0.15) is 34.3 Å². The average Bonchev–Trinajstić information content (AvgIpc) is 3.48. The van der Waals surface area contributed by atoms with Gasteiger partial charge in [-0.1, -0.05) is 23.7 Å². The Labute approximate surface area is 157 Å². The molecular formula is C20H21ClN2O3. The lowest BCUT2D eigenvalue weighted by molar-refractivity contribution is -0.122. The maximum atomic E-state index is 12.5. The van der Waals surface area contributed by atoms with Crippen molar-refractivity contribution in [2.75, 3.05) is 12.4 Å². The van der Waals surface area contributed by atoms with Crippen LogP contribution >= 0.6 is 11.6 Å². The zero-order chi connectivity index (χ0) is 18.7. The van der Waals surface area contributed by atoms with Crippen LogP contribution in [0, 0.1) is 12.8 Å². The van der Waals surface area contributed by atoms with Crippen molar-refractivity contribution in [1.29, 1.82) is 0 Å². The molecule has 0 saturated heterocycles. The molecule has 0 aliphatic heterocycles. The van der Waals surface area contributed by atoms with Gasteiger partial charge in [0.2, 0.25) is 5.91 Å². The quantitative estimate of drug-likeness (QED) is 0.807. The average molecular weight is 373 g/mol. The lowest BCUT2D eigenvalue weighted by Gasteiger charge is -2.12. The monoisotopic (exact) mass is 372 g/mol. The van der Waals surface area contributed by atoms with Crippen LogP contribution < -0.4 is 15.4 Å². The van der Waals surface area contributed by atoms with E-state index in [1.165, 1.54) is 7.11 Å². The summed E-state index contributed by atoms with van der Waals surface area (Å²) < 4.78 is 5.28. The summed E-state index contributed by atoms with van der Waals surface area (Å²) in [6.07, 6.45) is 1.97. The predicted molar refractivity (Wildman–Crippen MR) is 102 cm³/mol. The van der Waals surface area contributed by atoms with Crippen molar-refractivity contribution in [1.82, 2.24) is 5.32 Å². The van der Waals surface area contributed by atoms with E-state index in [1.54, 1.807) is 24.3 Å². The Balaban J connectivity index is 1.64. The van der Waals surface area contributed by atoms with E-state index in [9.17, 15) is 9.59 Å². The number of hydrogen-bond acceptors (Lipinski definition) is 3. The molecule has 0 radical (unpaired) electrons. The Kier molecular flexibility index (Phi) is 5.47. The molecule has 6 heteroatoms. The molecule has 0 spiro atoms. The van der Waals surface area contributed by atoms with Gasteiger partial charge in [-0.05, 0) is 49.1 Å². The normalized spacial score (nSPS) is 13.2. The first-order valence-corrected chi connectivity index (χ1v) is 8.88. The Morgan fingerprint density at radius 3 is 2.50 bits per heavy atom. The molecule has 1 fully saturated rings. The van der Waals surface area contributed by atoms with Gasteiger partial charge < -0.3 is 15.4 Å². The molecule has 5 nitrogen and oxygen atoms in total.